The van der Waals surface area contributed by atoms with Crippen molar-refractivity contribution in [2.24, 2.45) is 5.16 Å². The van der Waals surface area contributed by atoms with Crippen molar-refractivity contribution in [2.45, 2.75) is 13.8 Å². The Bertz CT molecular complexity index is 501. The molecule has 0 amide bonds. The first-order chi connectivity index (χ1) is 9.15. The highest BCUT2D eigenvalue weighted by molar-refractivity contribution is 7.51. The summed E-state index contributed by atoms with van der Waals surface area (Å²) in [4.78, 5) is 0. The zero-order valence-electron chi connectivity index (χ0n) is 10.9. The average molecular weight is 281 g/mol. The van der Waals surface area contributed by atoms with E-state index in [4.69, 9.17) is 14.4 Å². The minimum absolute atomic E-state index is 0.0402. The Morgan fingerprint density at radius 2 is 2.11 bits per heavy atom. The monoisotopic (exact) mass is 281 g/mol. The zero-order chi connectivity index (χ0) is 14.1. The highest BCUT2D eigenvalue weighted by atomic mass is 31.2. The van der Waals surface area contributed by atoms with E-state index in [-0.39, 0.29) is 12.3 Å². The molecule has 0 aromatic heterocycles. The summed E-state index contributed by atoms with van der Waals surface area (Å²) in [6.07, 6.45) is 0. The van der Waals surface area contributed by atoms with Crippen molar-refractivity contribution in [3.8, 4) is 6.07 Å². The summed E-state index contributed by atoms with van der Waals surface area (Å²) in [6, 6.07) is 10.7. The van der Waals surface area contributed by atoms with Gasteiger partial charge in [0.15, 0.2) is 5.71 Å². The summed E-state index contributed by atoms with van der Waals surface area (Å²) < 4.78 is 22.0. The lowest BCUT2D eigenvalue weighted by Crippen LogP contribution is -2.13. The van der Waals surface area contributed by atoms with Gasteiger partial charge >= 0.3 is 7.75 Å². The average Bonchev–Trinajstić information content (AvgIpc) is 2.41. The van der Waals surface area contributed by atoms with Crippen molar-refractivity contribution in [3.63, 3.8) is 0 Å². The van der Waals surface area contributed by atoms with Crippen LogP contribution in [0.3, 0.4) is 0 Å². The molecule has 0 radical (unpaired) electrons. The van der Waals surface area contributed by atoms with Crippen molar-refractivity contribution in [1.29, 1.82) is 5.26 Å². The lowest BCUT2D eigenvalue weighted by molar-refractivity contribution is 0.210. The Kier molecular flexibility index (Phi) is 6.23. The second-order valence-corrected chi connectivity index (χ2v) is 5.16. The normalized spacial score (nSPS) is 14.5. The van der Waals surface area contributed by atoms with Crippen LogP contribution >= 0.6 is 7.75 Å². The van der Waals surface area contributed by atoms with E-state index >= 15 is 0 Å². The van der Waals surface area contributed by atoms with Gasteiger partial charge in [0, 0.05) is 12.1 Å². The van der Waals surface area contributed by atoms with Gasteiger partial charge < -0.3 is 4.62 Å². The topological polar surface area (TPSA) is 83.7 Å². The van der Waals surface area contributed by atoms with E-state index < -0.39 is 7.75 Å². The second kappa shape index (κ2) is 7.70. The third-order valence-electron chi connectivity index (χ3n) is 2.04. The number of nitrogens with one attached hydrogen (secondary N) is 1. The van der Waals surface area contributed by atoms with E-state index in [1.165, 1.54) is 0 Å². The van der Waals surface area contributed by atoms with Crippen LogP contribution in [0.2, 0.25) is 0 Å². The van der Waals surface area contributed by atoms with Crippen molar-refractivity contribution in [2.75, 3.05) is 13.2 Å². The molecule has 0 fully saturated rings. The van der Waals surface area contributed by atoms with Crippen LogP contribution in [0, 0.1) is 11.3 Å². The molecular weight excluding hydrogens is 265 g/mol. The van der Waals surface area contributed by atoms with E-state index in [2.05, 4.69) is 10.2 Å². The summed E-state index contributed by atoms with van der Waals surface area (Å²) >= 11 is 0. The van der Waals surface area contributed by atoms with E-state index in [1.54, 1.807) is 38.1 Å². The van der Waals surface area contributed by atoms with Crippen LogP contribution in [-0.4, -0.2) is 18.9 Å². The van der Waals surface area contributed by atoms with Crippen LogP contribution in [0.5, 0.6) is 0 Å². The highest BCUT2D eigenvalue weighted by Gasteiger charge is 2.24. The van der Waals surface area contributed by atoms with Crippen LogP contribution in [0.1, 0.15) is 19.4 Å². The maximum atomic E-state index is 12.1. The number of hydrogen-bond donors (Lipinski definition) is 1. The van der Waals surface area contributed by atoms with E-state index in [9.17, 15) is 4.57 Å². The summed E-state index contributed by atoms with van der Waals surface area (Å²) in [5.41, 5.74) is 0.628. The Morgan fingerprint density at radius 3 is 2.63 bits per heavy atom. The van der Waals surface area contributed by atoms with Gasteiger partial charge in [-0.2, -0.15) is 5.26 Å². The number of oxime groups is 1. The molecule has 0 bridgehead atoms. The smallest absolute Gasteiger partial charge is 0.300 e. The Hall–Kier alpha value is -1.67. The third kappa shape index (κ3) is 4.84. The lowest BCUT2D eigenvalue weighted by Gasteiger charge is -2.14. The van der Waals surface area contributed by atoms with Crippen LogP contribution in [0.15, 0.2) is 35.5 Å². The number of rotatable bonds is 7. The molecule has 0 heterocycles. The second-order valence-electron chi connectivity index (χ2n) is 3.43. The van der Waals surface area contributed by atoms with Crippen LogP contribution < -0.4 is 5.09 Å². The molecule has 102 valence electrons. The highest BCUT2D eigenvalue weighted by Crippen LogP contribution is 2.43. The molecule has 1 rings (SSSR count). The van der Waals surface area contributed by atoms with Gasteiger partial charge in [-0.3, -0.25) is 4.52 Å². The quantitative estimate of drug-likeness (QED) is 0.472. The van der Waals surface area contributed by atoms with Crippen molar-refractivity contribution in [3.05, 3.63) is 35.9 Å². The maximum Gasteiger partial charge on any atom is 0.478 e. The fraction of sp³-hybridized carbons (Fsp3) is 0.333. The molecule has 1 unspecified atom stereocenters. The number of hydrogen-bond acceptors (Lipinski definition) is 5. The van der Waals surface area contributed by atoms with Crippen molar-refractivity contribution in [1.82, 2.24) is 5.09 Å². The third-order valence-corrected chi connectivity index (χ3v) is 3.64. The molecular formula is C12H16N3O3P. The largest absolute Gasteiger partial charge is 0.478 e. The van der Waals surface area contributed by atoms with Gasteiger partial charge in [-0.05, 0) is 6.92 Å². The summed E-state index contributed by atoms with van der Waals surface area (Å²) in [5, 5.41) is 15.2. The standard InChI is InChI=1S/C12H16N3O3P/c1-3-14-19(16,17-4-2)18-15-12(10-13)11-8-6-5-7-9-11/h5-9H,3-4H2,1-2H3,(H,14,16)/b15-12+. The van der Waals surface area contributed by atoms with Crippen molar-refractivity contribution < 1.29 is 13.7 Å². The minimum Gasteiger partial charge on any atom is -0.300 e. The predicted octanol–water partition coefficient (Wildman–Crippen LogP) is 2.68. The van der Waals surface area contributed by atoms with E-state index in [0.29, 0.717) is 12.1 Å². The lowest BCUT2D eigenvalue weighted by atomic mass is 10.1. The Labute approximate surface area is 112 Å². The summed E-state index contributed by atoms with van der Waals surface area (Å²) in [6.45, 7) is 4.08. The van der Waals surface area contributed by atoms with Crippen LogP contribution in [0.4, 0.5) is 0 Å². The fourth-order valence-corrected chi connectivity index (χ4v) is 2.40. The molecule has 0 saturated carbocycles. The number of nitriles is 1. The fourth-order valence-electron chi connectivity index (χ4n) is 1.29. The van der Waals surface area contributed by atoms with Gasteiger partial charge in [-0.1, -0.05) is 42.4 Å². The van der Waals surface area contributed by atoms with Gasteiger partial charge in [-0.25, -0.2) is 9.65 Å². The Balaban J connectivity index is 2.88. The first kappa shape index (κ1) is 15.4. The van der Waals surface area contributed by atoms with Gasteiger partial charge in [0.05, 0.1) is 6.61 Å². The summed E-state index contributed by atoms with van der Waals surface area (Å²) in [7, 11) is -3.50. The molecule has 1 aromatic carbocycles. The summed E-state index contributed by atoms with van der Waals surface area (Å²) in [5.74, 6) is 0. The van der Waals surface area contributed by atoms with Crippen LogP contribution in [0.25, 0.3) is 0 Å². The molecule has 0 aliphatic heterocycles. The molecule has 0 aliphatic carbocycles. The van der Waals surface area contributed by atoms with Crippen molar-refractivity contribution >= 4 is 13.5 Å². The maximum absolute atomic E-state index is 12.1. The molecule has 7 heteroatoms. The molecule has 1 aromatic rings. The van der Waals surface area contributed by atoms with E-state index in [0.717, 1.165) is 0 Å². The SMILES string of the molecule is CCNP(=O)(OCC)O/N=C(\C#N)c1ccccc1. The first-order valence-corrected chi connectivity index (χ1v) is 7.41. The molecule has 1 N–H and O–H groups in total. The molecule has 0 aliphatic rings. The van der Waals surface area contributed by atoms with E-state index in [1.807, 2.05) is 12.1 Å². The molecule has 1 atom stereocenters. The van der Waals surface area contributed by atoms with Gasteiger partial charge in [0.1, 0.15) is 6.07 Å². The predicted molar refractivity (Wildman–Crippen MR) is 72.6 cm³/mol. The molecule has 6 nitrogen and oxygen atoms in total. The number of nitrogens with zero attached hydrogens (tertiary/aromatic N) is 2. The van der Waals surface area contributed by atoms with Gasteiger partial charge in [0.2, 0.25) is 0 Å². The molecule has 0 spiro atoms. The zero-order valence-corrected chi connectivity index (χ0v) is 11.8. The van der Waals surface area contributed by atoms with Gasteiger partial charge in [0.25, 0.3) is 0 Å². The molecule has 19 heavy (non-hydrogen) atoms. The number of benzene rings is 1. The van der Waals surface area contributed by atoms with Crippen LogP contribution in [-0.2, 0) is 13.7 Å². The Morgan fingerprint density at radius 1 is 1.42 bits per heavy atom. The minimum atomic E-state index is -3.50. The van der Waals surface area contributed by atoms with Gasteiger partial charge in [-0.15, -0.1) is 0 Å². The first-order valence-electron chi connectivity index (χ1n) is 5.87. The molecule has 0 saturated heterocycles.